The number of unbranched alkanes of at least 4 members (excludes halogenated alkanes) is 1. The van der Waals surface area contributed by atoms with Crippen LogP contribution in [0, 0.1) is 0 Å². The lowest BCUT2D eigenvalue weighted by atomic mass is 10.2. The number of likely N-dealkylation sites (N-methyl/N-ethyl adjacent to an activating group) is 1. The molecule has 0 saturated carbocycles. The number of halogens is 1. The van der Waals surface area contributed by atoms with E-state index in [2.05, 4.69) is 0 Å². The van der Waals surface area contributed by atoms with Gasteiger partial charge < -0.3 is 14.4 Å². The van der Waals surface area contributed by atoms with Gasteiger partial charge in [-0.05, 0) is 37.1 Å². The van der Waals surface area contributed by atoms with Crippen LogP contribution in [0.4, 0.5) is 4.79 Å². The molecule has 0 saturated heterocycles. The van der Waals surface area contributed by atoms with E-state index in [9.17, 15) is 9.59 Å². The number of hydrogen-bond donors (Lipinski definition) is 0. The summed E-state index contributed by atoms with van der Waals surface area (Å²) in [5.41, 5.74) is 0.439. The molecule has 1 rings (SSSR count). The van der Waals surface area contributed by atoms with Crippen molar-refractivity contribution in [2.24, 2.45) is 0 Å². The van der Waals surface area contributed by atoms with Gasteiger partial charge in [-0.1, -0.05) is 38.3 Å². The molecule has 1 atom stereocenters. The third kappa shape index (κ3) is 7.21. The van der Waals surface area contributed by atoms with Crippen LogP contribution in [-0.4, -0.2) is 43.3 Å². The predicted octanol–water partition coefficient (Wildman–Crippen LogP) is 4.53. The molecule has 134 valence electrons. The van der Waals surface area contributed by atoms with Crippen LogP contribution >= 0.6 is 11.6 Å². The van der Waals surface area contributed by atoms with Gasteiger partial charge in [-0.3, -0.25) is 0 Å². The Hall–Kier alpha value is -1.75. The van der Waals surface area contributed by atoms with Crippen molar-refractivity contribution in [3.8, 4) is 0 Å². The minimum absolute atomic E-state index is 0.304. The molecule has 0 aliphatic heterocycles. The minimum Gasteiger partial charge on any atom is -0.457 e. The second-order valence-corrected chi connectivity index (χ2v) is 6.11. The first-order valence-corrected chi connectivity index (χ1v) is 8.70. The number of nitrogens with zero attached hydrogens (tertiary/aromatic N) is 1. The molecule has 5 nitrogen and oxygen atoms in total. The lowest BCUT2D eigenvalue weighted by Gasteiger charge is -2.23. The highest BCUT2D eigenvalue weighted by atomic mass is 35.5. The van der Waals surface area contributed by atoms with Crippen LogP contribution in [0.25, 0.3) is 0 Å². The van der Waals surface area contributed by atoms with E-state index < -0.39 is 12.1 Å². The molecule has 0 aliphatic carbocycles. The molecule has 6 heteroatoms. The summed E-state index contributed by atoms with van der Waals surface area (Å²) in [6.07, 6.45) is 2.55. The van der Waals surface area contributed by atoms with Gasteiger partial charge in [-0.15, -0.1) is 0 Å². The van der Waals surface area contributed by atoms with Crippen molar-refractivity contribution in [1.82, 2.24) is 4.90 Å². The summed E-state index contributed by atoms with van der Waals surface area (Å²) in [5, 5.41) is 0.561. The van der Waals surface area contributed by atoms with Crippen LogP contribution in [0.5, 0.6) is 0 Å². The van der Waals surface area contributed by atoms with Gasteiger partial charge in [0.05, 0.1) is 18.7 Å². The Morgan fingerprint density at radius 1 is 1.17 bits per heavy atom. The largest absolute Gasteiger partial charge is 0.457 e. The summed E-state index contributed by atoms with van der Waals surface area (Å²) in [5.74, 6) is -0.419. The topological polar surface area (TPSA) is 55.8 Å². The number of rotatable bonds is 9. The van der Waals surface area contributed by atoms with Crippen LogP contribution < -0.4 is 0 Å². The molecule has 1 unspecified atom stereocenters. The molecule has 0 radical (unpaired) electrons. The summed E-state index contributed by atoms with van der Waals surface area (Å²) in [6.45, 7) is 4.74. The van der Waals surface area contributed by atoms with Gasteiger partial charge in [0.15, 0.2) is 0 Å². The summed E-state index contributed by atoms with van der Waals surface area (Å²) < 4.78 is 10.7. The monoisotopic (exact) mass is 355 g/mol. The molecule has 0 bridgehead atoms. The molecule has 0 spiro atoms. The highest BCUT2D eigenvalue weighted by Gasteiger charge is 2.20. The third-order valence-corrected chi connectivity index (χ3v) is 3.73. The fourth-order valence-electron chi connectivity index (χ4n) is 2.11. The zero-order valence-corrected chi connectivity index (χ0v) is 15.3. The molecule has 0 aromatic heterocycles. The molecular weight excluding hydrogens is 330 g/mol. The number of esters is 1. The van der Waals surface area contributed by atoms with E-state index in [1.54, 1.807) is 31.3 Å². The van der Waals surface area contributed by atoms with Gasteiger partial charge in [0.25, 0.3) is 0 Å². The Kier molecular flexibility index (Phi) is 9.23. The second-order valence-electron chi connectivity index (χ2n) is 5.67. The van der Waals surface area contributed by atoms with Crippen LogP contribution in [0.2, 0.25) is 5.02 Å². The zero-order valence-electron chi connectivity index (χ0n) is 14.6. The van der Waals surface area contributed by atoms with Crippen molar-refractivity contribution in [3.63, 3.8) is 0 Å². The lowest BCUT2D eigenvalue weighted by Crippen LogP contribution is -2.37. The predicted molar refractivity (Wildman–Crippen MR) is 94.4 cm³/mol. The molecule has 1 amide bonds. The van der Waals surface area contributed by atoms with E-state index in [0.29, 0.717) is 30.2 Å². The maximum absolute atomic E-state index is 12.2. The Morgan fingerprint density at radius 3 is 2.42 bits per heavy atom. The minimum atomic E-state index is -0.419. The average molecular weight is 356 g/mol. The molecular formula is C18H26ClNO4. The summed E-state index contributed by atoms with van der Waals surface area (Å²) in [6, 6.07) is 6.53. The van der Waals surface area contributed by atoms with Gasteiger partial charge in [0.2, 0.25) is 0 Å². The molecule has 24 heavy (non-hydrogen) atoms. The van der Waals surface area contributed by atoms with Crippen LogP contribution in [0.3, 0.4) is 0 Å². The molecule has 0 heterocycles. The highest BCUT2D eigenvalue weighted by Crippen LogP contribution is 2.13. The molecule has 1 aromatic carbocycles. The Bertz CT molecular complexity index is 518. The fraction of sp³-hybridized carbons (Fsp3) is 0.556. The lowest BCUT2D eigenvalue weighted by molar-refractivity contribution is 0.0182. The van der Waals surface area contributed by atoms with E-state index in [-0.39, 0.29) is 6.10 Å². The fourth-order valence-corrected chi connectivity index (χ4v) is 2.23. The highest BCUT2D eigenvalue weighted by molar-refractivity contribution is 6.30. The molecule has 0 aliphatic rings. The number of amides is 1. The van der Waals surface area contributed by atoms with Crippen molar-refractivity contribution < 1.29 is 19.1 Å². The van der Waals surface area contributed by atoms with Gasteiger partial charge in [0, 0.05) is 12.1 Å². The van der Waals surface area contributed by atoms with Gasteiger partial charge in [0.1, 0.15) is 6.10 Å². The first kappa shape index (κ1) is 20.3. The van der Waals surface area contributed by atoms with Crippen molar-refractivity contribution in [3.05, 3.63) is 34.9 Å². The van der Waals surface area contributed by atoms with Crippen LogP contribution in [0.15, 0.2) is 24.3 Å². The Morgan fingerprint density at radius 2 is 1.83 bits per heavy atom. The average Bonchev–Trinajstić information content (AvgIpc) is 2.55. The van der Waals surface area contributed by atoms with Gasteiger partial charge >= 0.3 is 12.1 Å². The number of ether oxygens (including phenoxy) is 2. The third-order valence-electron chi connectivity index (χ3n) is 3.48. The first-order chi connectivity index (χ1) is 11.5. The molecule has 0 N–H and O–H groups in total. The summed E-state index contributed by atoms with van der Waals surface area (Å²) >= 11 is 5.82. The molecule has 0 fully saturated rings. The smallest absolute Gasteiger partial charge is 0.409 e. The maximum atomic E-state index is 12.2. The maximum Gasteiger partial charge on any atom is 0.409 e. The van der Waals surface area contributed by atoms with Crippen molar-refractivity contribution in [2.45, 2.75) is 45.6 Å². The van der Waals surface area contributed by atoms with E-state index in [0.717, 1.165) is 19.3 Å². The second kappa shape index (κ2) is 10.9. The van der Waals surface area contributed by atoms with E-state index in [1.807, 2.05) is 13.8 Å². The number of carbonyl (C=O) groups is 2. The Balaban J connectivity index is 2.57. The Labute approximate surface area is 148 Å². The van der Waals surface area contributed by atoms with Crippen molar-refractivity contribution >= 4 is 23.7 Å². The summed E-state index contributed by atoms with van der Waals surface area (Å²) in [4.78, 5) is 25.6. The standard InChI is InChI=1S/C18H26ClNO4/c1-4-6-12-23-18(22)20(3)13-16(7-5-2)24-17(21)14-8-10-15(19)11-9-14/h8-11,16H,4-7,12-13H2,1-3H3. The van der Waals surface area contributed by atoms with Crippen LogP contribution in [0.1, 0.15) is 49.9 Å². The SMILES string of the molecule is CCCCOC(=O)N(C)CC(CCC)OC(=O)c1ccc(Cl)cc1. The number of hydrogen-bond acceptors (Lipinski definition) is 4. The van der Waals surface area contributed by atoms with Crippen LogP contribution in [-0.2, 0) is 9.47 Å². The van der Waals surface area contributed by atoms with E-state index in [1.165, 1.54) is 4.90 Å². The first-order valence-electron chi connectivity index (χ1n) is 8.32. The van der Waals surface area contributed by atoms with Crippen molar-refractivity contribution in [1.29, 1.82) is 0 Å². The van der Waals surface area contributed by atoms with Gasteiger partial charge in [-0.25, -0.2) is 9.59 Å². The number of benzene rings is 1. The molecule has 1 aromatic rings. The van der Waals surface area contributed by atoms with Gasteiger partial charge in [-0.2, -0.15) is 0 Å². The van der Waals surface area contributed by atoms with Crippen molar-refractivity contribution in [2.75, 3.05) is 20.2 Å². The van der Waals surface area contributed by atoms with E-state index in [4.69, 9.17) is 21.1 Å². The van der Waals surface area contributed by atoms with E-state index >= 15 is 0 Å². The summed E-state index contributed by atoms with van der Waals surface area (Å²) in [7, 11) is 1.65. The normalized spacial score (nSPS) is 11.7. The zero-order chi connectivity index (χ0) is 17.9. The number of carbonyl (C=O) groups excluding carboxylic acids is 2. The quantitative estimate of drug-likeness (QED) is 0.482.